The van der Waals surface area contributed by atoms with Crippen molar-refractivity contribution in [2.45, 2.75) is 89.8 Å². The molecule has 0 radical (unpaired) electrons. The van der Waals surface area contributed by atoms with E-state index in [0.29, 0.717) is 25.9 Å². The lowest BCUT2D eigenvalue weighted by atomic mass is 9.75. The van der Waals surface area contributed by atoms with E-state index in [1.54, 1.807) is 0 Å². The Hall–Kier alpha value is -0.360. The summed E-state index contributed by atoms with van der Waals surface area (Å²) in [7, 11) is 0. The molecule has 0 aromatic carbocycles. The first-order valence-electron chi connectivity index (χ1n) is 9.96. The van der Waals surface area contributed by atoms with Crippen LogP contribution in [0.4, 0.5) is 0 Å². The Morgan fingerprint density at radius 1 is 0.926 bits per heavy atom. The van der Waals surface area contributed by atoms with Crippen molar-refractivity contribution >= 4 is 35.0 Å². The van der Waals surface area contributed by atoms with Crippen molar-refractivity contribution in [3.05, 3.63) is 0 Å². The second-order valence-electron chi connectivity index (χ2n) is 6.76. The number of carbonyl (C=O) groups excluding carboxylic acids is 2. The summed E-state index contributed by atoms with van der Waals surface area (Å²) in [6.07, 6.45) is 8.12. The van der Waals surface area contributed by atoms with Crippen LogP contribution in [0.1, 0.15) is 85.0 Å². The van der Waals surface area contributed by atoms with Gasteiger partial charge in [-0.1, -0.05) is 39.0 Å². The molecule has 2 N–H and O–H groups in total. The van der Waals surface area contributed by atoms with E-state index < -0.39 is 10.3 Å². The van der Waals surface area contributed by atoms with Crippen molar-refractivity contribution in [3.8, 4) is 0 Å². The summed E-state index contributed by atoms with van der Waals surface area (Å²) in [6.45, 7) is 5.96. The number of ketones is 1. The van der Waals surface area contributed by atoms with E-state index in [1.165, 1.54) is 13.3 Å². The molecule has 7 heteroatoms. The Morgan fingerprint density at radius 3 is 1.89 bits per heavy atom. The van der Waals surface area contributed by atoms with Crippen LogP contribution in [-0.2, 0) is 14.3 Å². The number of Topliss-reactive ketones (excluding diaryl/α,β-unsaturated/α-hetero) is 1. The maximum Gasteiger partial charge on any atom is 0.312 e. The molecule has 0 amide bonds. The number of aliphatic hydroxyl groups excluding tert-OH is 2. The number of hydrogen-bond donors (Lipinski definition) is 2. The number of carbonyl (C=O) groups is 2. The predicted octanol–water partition coefficient (Wildman–Crippen LogP) is 4.82. The summed E-state index contributed by atoms with van der Waals surface area (Å²) in [4.78, 5) is 21.9. The van der Waals surface area contributed by atoms with E-state index in [4.69, 9.17) is 33.0 Å². The summed E-state index contributed by atoms with van der Waals surface area (Å²) in [6, 6.07) is 0. The Labute approximate surface area is 174 Å². The van der Waals surface area contributed by atoms with Crippen LogP contribution in [0, 0.1) is 5.41 Å². The molecule has 162 valence electrons. The van der Waals surface area contributed by atoms with Gasteiger partial charge >= 0.3 is 5.97 Å². The molecule has 1 unspecified atom stereocenters. The zero-order valence-electron chi connectivity index (χ0n) is 17.1. The predicted molar refractivity (Wildman–Crippen MR) is 111 cm³/mol. The second-order valence-corrected chi connectivity index (χ2v) is 8.04. The molecule has 0 saturated heterocycles. The van der Waals surface area contributed by atoms with Crippen LogP contribution < -0.4 is 0 Å². The molecular weight excluding hydrogens is 391 g/mol. The zero-order chi connectivity index (χ0) is 21.1. The summed E-state index contributed by atoms with van der Waals surface area (Å²) in [5.41, 5.74) is -0.562. The molecular formula is C20H38Cl2O5. The van der Waals surface area contributed by atoms with Gasteiger partial charge in [-0.3, -0.25) is 9.59 Å². The average molecular weight is 429 g/mol. The maximum absolute atomic E-state index is 12.3. The first kappa shape index (κ1) is 28.8. The Bertz CT molecular complexity index is 377. The quantitative estimate of drug-likeness (QED) is 0.222. The van der Waals surface area contributed by atoms with Crippen molar-refractivity contribution < 1.29 is 24.5 Å². The molecule has 0 aromatic heterocycles. The molecule has 0 bridgehead atoms. The molecule has 0 aromatic rings. The number of hydrogen-bond acceptors (Lipinski definition) is 5. The van der Waals surface area contributed by atoms with E-state index in [-0.39, 0.29) is 31.4 Å². The van der Waals surface area contributed by atoms with Gasteiger partial charge in [0.05, 0.1) is 12.0 Å². The van der Waals surface area contributed by atoms with Gasteiger partial charge in [0.1, 0.15) is 10.6 Å². The van der Waals surface area contributed by atoms with E-state index >= 15 is 0 Å². The number of halogens is 2. The summed E-state index contributed by atoms with van der Waals surface area (Å²) >= 11 is 10.4. The SMILES string of the molecule is CC(=O)CC(Cl)Cl.CCCCCCC(CCO)(CCCCO)C(=O)OCC. The van der Waals surface area contributed by atoms with Crippen molar-refractivity contribution in [2.75, 3.05) is 19.8 Å². The highest BCUT2D eigenvalue weighted by Crippen LogP contribution is 2.36. The van der Waals surface area contributed by atoms with E-state index in [9.17, 15) is 14.7 Å². The molecule has 5 nitrogen and oxygen atoms in total. The summed E-state index contributed by atoms with van der Waals surface area (Å²) in [5, 5.41) is 18.2. The van der Waals surface area contributed by atoms with Crippen LogP contribution in [0.5, 0.6) is 0 Å². The van der Waals surface area contributed by atoms with Gasteiger partial charge in [0.25, 0.3) is 0 Å². The lowest BCUT2D eigenvalue weighted by Crippen LogP contribution is -2.34. The number of alkyl halides is 2. The van der Waals surface area contributed by atoms with Gasteiger partial charge < -0.3 is 14.9 Å². The Kier molecular flexibility index (Phi) is 20.3. The third-order valence-corrected chi connectivity index (χ3v) is 4.62. The van der Waals surface area contributed by atoms with E-state index in [1.807, 2.05) is 6.92 Å². The van der Waals surface area contributed by atoms with Gasteiger partial charge in [0, 0.05) is 19.6 Å². The lowest BCUT2D eigenvalue weighted by Gasteiger charge is -2.31. The molecule has 0 saturated carbocycles. The smallest absolute Gasteiger partial charge is 0.312 e. The molecule has 0 aliphatic rings. The summed E-state index contributed by atoms with van der Waals surface area (Å²) < 4.78 is 5.24. The third kappa shape index (κ3) is 16.3. The fourth-order valence-corrected chi connectivity index (χ4v) is 3.30. The van der Waals surface area contributed by atoms with Crippen molar-refractivity contribution in [1.29, 1.82) is 0 Å². The summed E-state index contributed by atoms with van der Waals surface area (Å²) in [5.74, 6) is -0.154. The molecule has 0 fully saturated rings. The van der Waals surface area contributed by atoms with Gasteiger partial charge in [-0.2, -0.15) is 0 Å². The van der Waals surface area contributed by atoms with Crippen molar-refractivity contribution in [3.63, 3.8) is 0 Å². The zero-order valence-corrected chi connectivity index (χ0v) is 18.7. The number of rotatable bonds is 15. The fourth-order valence-electron chi connectivity index (χ4n) is 2.86. The Balaban J connectivity index is 0. The highest BCUT2D eigenvalue weighted by atomic mass is 35.5. The van der Waals surface area contributed by atoms with E-state index in [0.717, 1.165) is 32.1 Å². The van der Waals surface area contributed by atoms with Crippen LogP contribution >= 0.6 is 23.2 Å². The second kappa shape index (κ2) is 19.0. The van der Waals surface area contributed by atoms with Crippen molar-refractivity contribution in [2.24, 2.45) is 5.41 Å². The normalized spacial score (nSPS) is 12.9. The van der Waals surface area contributed by atoms with Gasteiger partial charge in [0.15, 0.2) is 0 Å². The first-order chi connectivity index (χ1) is 12.8. The Morgan fingerprint density at radius 2 is 1.52 bits per heavy atom. The topological polar surface area (TPSA) is 83.8 Å². The van der Waals surface area contributed by atoms with Gasteiger partial charge in [-0.25, -0.2) is 0 Å². The van der Waals surface area contributed by atoms with Crippen LogP contribution in [0.25, 0.3) is 0 Å². The molecule has 0 heterocycles. The minimum absolute atomic E-state index is 0.00567. The minimum Gasteiger partial charge on any atom is -0.466 e. The number of ether oxygens (including phenoxy) is 1. The number of unbranched alkanes of at least 4 members (excludes halogenated alkanes) is 4. The number of esters is 1. The molecule has 0 aliphatic heterocycles. The standard InChI is InChI=1S/C16H32O4.C4H6Cl2O/c1-3-5-6-7-10-16(12-14-18,11-8-9-13-17)15(19)20-4-2;1-3(7)2-4(5)6/h17-18H,3-14H2,1-2H3;4H,2H2,1H3. The first-order valence-corrected chi connectivity index (χ1v) is 10.8. The average Bonchev–Trinajstić information content (AvgIpc) is 2.58. The lowest BCUT2D eigenvalue weighted by molar-refractivity contribution is -0.158. The van der Waals surface area contributed by atoms with Gasteiger partial charge in [0.2, 0.25) is 0 Å². The van der Waals surface area contributed by atoms with Crippen LogP contribution in [0.15, 0.2) is 0 Å². The largest absolute Gasteiger partial charge is 0.466 e. The van der Waals surface area contributed by atoms with Gasteiger partial charge in [-0.15, -0.1) is 23.2 Å². The molecule has 0 spiro atoms. The molecule has 27 heavy (non-hydrogen) atoms. The molecule has 1 atom stereocenters. The minimum atomic E-state index is -0.562. The van der Waals surface area contributed by atoms with Crippen LogP contribution in [-0.4, -0.2) is 46.6 Å². The highest BCUT2D eigenvalue weighted by molar-refractivity contribution is 6.45. The van der Waals surface area contributed by atoms with Gasteiger partial charge in [-0.05, 0) is 39.5 Å². The highest BCUT2D eigenvalue weighted by Gasteiger charge is 2.38. The molecule has 0 aliphatic carbocycles. The third-order valence-electron chi connectivity index (χ3n) is 4.31. The van der Waals surface area contributed by atoms with Crippen molar-refractivity contribution in [1.82, 2.24) is 0 Å². The van der Waals surface area contributed by atoms with Crippen LogP contribution in [0.3, 0.4) is 0 Å². The maximum atomic E-state index is 12.3. The number of aliphatic hydroxyl groups is 2. The monoisotopic (exact) mass is 428 g/mol. The fraction of sp³-hybridized carbons (Fsp3) is 0.900. The van der Waals surface area contributed by atoms with E-state index in [2.05, 4.69) is 6.92 Å². The van der Waals surface area contributed by atoms with Crippen LogP contribution in [0.2, 0.25) is 0 Å². The molecule has 0 rings (SSSR count).